The first kappa shape index (κ1) is 12.7. The second-order valence-corrected chi connectivity index (χ2v) is 5.39. The van der Waals surface area contributed by atoms with Crippen LogP contribution in [0.3, 0.4) is 0 Å². The van der Waals surface area contributed by atoms with Gasteiger partial charge in [0.25, 0.3) is 0 Å². The summed E-state index contributed by atoms with van der Waals surface area (Å²) < 4.78 is 0. The van der Waals surface area contributed by atoms with E-state index in [1.807, 2.05) is 12.1 Å². The number of carbonyl (C=O) groups is 1. The lowest BCUT2D eigenvalue weighted by atomic mass is 9.74. The summed E-state index contributed by atoms with van der Waals surface area (Å²) in [5.74, 6) is 0.00841. The minimum Gasteiger partial charge on any atom is -0.508 e. The van der Waals surface area contributed by atoms with E-state index in [0.717, 1.165) is 30.0 Å². The Bertz CT molecular complexity index is 665. The minimum atomic E-state index is -0.805. The number of phenols is 1. The molecule has 0 amide bonds. The van der Waals surface area contributed by atoms with Crippen LogP contribution in [0.2, 0.25) is 0 Å². The zero-order chi connectivity index (χ0) is 14.2. The number of nitrogens with one attached hydrogen (secondary N) is 1. The number of fused-ring (bicyclic) bond motifs is 1. The zero-order valence-corrected chi connectivity index (χ0v) is 11.0. The molecule has 1 aromatic carbocycles. The lowest BCUT2D eigenvalue weighted by Crippen LogP contribution is -2.47. The number of pyridine rings is 1. The van der Waals surface area contributed by atoms with Crippen LogP contribution in [-0.2, 0) is 4.79 Å². The highest BCUT2D eigenvalue weighted by Gasteiger charge is 2.39. The molecule has 20 heavy (non-hydrogen) atoms. The highest BCUT2D eigenvalue weighted by Crippen LogP contribution is 2.39. The Balaban J connectivity index is 1.97. The fraction of sp³-hybridized carbons (Fsp3) is 0.333. The van der Waals surface area contributed by atoms with Gasteiger partial charge < -0.3 is 15.5 Å². The molecule has 0 bridgehead atoms. The monoisotopic (exact) mass is 272 g/mol. The maximum absolute atomic E-state index is 11.0. The number of carboxylic acid groups (broad SMARTS) is 1. The molecule has 3 rings (SSSR count). The van der Waals surface area contributed by atoms with Crippen LogP contribution in [0.25, 0.3) is 10.8 Å². The van der Waals surface area contributed by atoms with Crippen LogP contribution >= 0.6 is 0 Å². The molecule has 5 nitrogen and oxygen atoms in total. The molecule has 1 saturated carbocycles. The standard InChI is InChI=1S/C15H16N2O3/c18-11-3-2-10-4-7-16-14(12(10)8-11)17-15(5-1-6-15)9-13(19)20/h2-4,7-8,18H,1,5-6,9H2,(H,16,17)(H,19,20). The zero-order valence-electron chi connectivity index (χ0n) is 11.0. The summed E-state index contributed by atoms with van der Waals surface area (Å²) in [6.45, 7) is 0. The molecule has 1 aromatic heterocycles. The van der Waals surface area contributed by atoms with E-state index in [-0.39, 0.29) is 12.2 Å². The first-order chi connectivity index (χ1) is 9.58. The molecule has 1 heterocycles. The topological polar surface area (TPSA) is 82.5 Å². The van der Waals surface area contributed by atoms with Crippen LogP contribution in [0.5, 0.6) is 5.75 Å². The van der Waals surface area contributed by atoms with Crippen LogP contribution in [0.4, 0.5) is 5.82 Å². The number of anilines is 1. The van der Waals surface area contributed by atoms with E-state index in [2.05, 4.69) is 10.3 Å². The third-order valence-corrected chi connectivity index (χ3v) is 3.93. The molecule has 0 unspecified atom stereocenters. The van der Waals surface area contributed by atoms with Crippen molar-refractivity contribution in [3.8, 4) is 5.75 Å². The molecule has 1 aliphatic carbocycles. The van der Waals surface area contributed by atoms with Crippen molar-refractivity contribution in [2.24, 2.45) is 0 Å². The molecular weight excluding hydrogens is 256 g/mol. The van der Waals surface area contributed by atoms with Gasteiger partial charge >= 0.3 is 5.97 Å². The molecule has 1 aliphatic rings. The molecule has 0 radical (unpaired) electrons. The number of nitrogens with zero attached hydrogens (tertiary/aromatic N) is 1. The van der Waals surface area contributed by atoms with Crippen molar-refractivity contribution in [1.82, 2.24) is 4.98 Å². The summed E-state index contributed by atoms with van der Waals surface area (Å²) in [6.07, 6.45) is 4.46. The molecule has 5 heteroatoms. The quantitative estimate of drug-likeness (QED) is 0.797. The van der Waals surface area contributed by atoms with Crippen molar-refractivity contribution < 1.29 is 15.0 Å². The molecule has 2 aromatic rings. The summed E-state index contributed by atoms with van der Waals surface area (Å²) in [5, 5.41) is 23.7. The van der Waals surface area contributed by atoms with Gasteiger partial charge in [0.2, 0.25) is 0 Å². The van der Waals surface area contributed by atoms with Crippen molar-refractivity contribution in [3.05, 3.63) is 30.5 Å². The first-order valence-corrected chi connectivity index (χ1v) is 6.66. The smallest absolute Gasteiger partial charge is 0.305 e. The lowest BCUT2D eigenvalue weighted by Gasteiger charge is -2.42. The van der Waals surface area contributed by atoms with Crippen LogP contribution in [0, 0.1) is 0 Å². The van der Waals surface area contributed by atoms with E-state index in [1.54, 1.807) is 18.3 Å². The van der Waals surface area contributed by atoms with Crippen LogP contribution in [0.1, 0.15) is 25.7 Å². The SMILES string of the molecule is O=C(O)CC1(Nc2nccc3ccc(O)cc23)CCC1. The Kier molecular flexibility index (Phi) is 2.97. The van der Waals surface area contributed by atoms with Crippen molar-refractivity contribution in [2.75, 3.05) is 5.32 Å². The fourth-order valence-electron chi connectivity index (χ4n) is 2.75. The number of phenolic OH excluding ortho intramolecular Hbond substituents is 1. The Labute approximate surface area is 116 Å². The summed E-state index contributed by atoms with van der Waals surface area (Å²) in [6, 6.07) is 6.97. The van der Waals surface area contributed by atoms with E-state index >= 15 is 0 Å². The van der Waals surface area contributed by atoms with Gasteiger partial charge in [0.1, 0.15) is 11.6 Å². The molecule has 0 atom stereocenters. The average Bonchev–Trinajstić information content (AvgIpc) is 2.36. The summed E-state index contributed by atoms with van der Waals surface area (Å²) in [7, 11) is 0. The van der Waals surface area contributed by atoms with Gasteiger partial charge in [0, 0.05) is 17.1 Å². The lowest BCUT2D eigenvalue weighted by molar-refractivity contribution is -0.138. The second kappa shape index (κ2) is 4.67. The predicted molar refractivity (Wildman–Crippen MR) is 75.9 cm³/mol. The van der Waals surface area contributed by atoms with E-state index in [4.69, 9.17) is 5.11 Å². The number of benzene rings is 1. The number of hydrogen-bond donors (Lipinski definition) is 3. The highest BCUT2D eigenvalue weighted by atomic mass is 16.4. The number of aliphatic carboxylic acids is 1. The van der Waals surface area contributed by atoms with Gasteiger partial charge in [0.15, 0.2) is 0 Å². The first-order valence-electron chi connectivity index (χ1n) is 6.66. The summed E-state index contributed by atoms with van der Waals surface area (Å²) in [5.41, 5.74) is -0.404. The molecular formula is C15H16N2O3. The van der Waals surface area contributed by atoms with Gasteiger partial charge in [-0.1, -0.05) is 6.07 Å². The molecule has 0 spiro atoms. The maximum atomic E-state index is 11.0. The number of aromatic nitrogens is 1. The van der Waals surface area contributed by atoms with Gasteiger partial charge in [-0.2, -0.15) is 0 Å². The highest BCUT2D eigenvalue weighted by molar-refractivity contribution is 5.93. The van der Waals surface area contributed by atoms with Crippen LogP contribution < -0.4 is 5.32 Å². The van der Waals surface area contributed by atoms with Gasteiger partial charge in [-0.3, -0.25) is 4.79 Å². The molecule has 104 valence electrons. The van der Waals surface area contributed by atoms with E-state index in [0.29, 0.717) is 5.82 Å². The number of carboxylic acids is 1. The largest absolute Gasteiger partial charge is 0.508 e. The third-order valence-electron chi connectivity index (χ3n) is 3.93. The van der Waals surface area contributed by atoms with E-state index in [9.17, 15) is 9.90 Å². The van der Waals surface area contributed by atoms with E-state index in [1.165, 1.54) is 0 Å². The Morgan fingerprint density at radius 1 is 1.35 bits per heavy atom. The number of rotatable bonds is 4. The van der Waals surface area contributed by atoms with Crippen molar-refractivity contribution in [2.45, 2.75) is 31.2 Å². The number of aromatic hydroxyl groups is 1. The van der Waals surface area contributed by atoms with Crippen LogP contribution in [0.15, 0.2) is 30.5 Å². The van der Waals surface area contributed by atoms with Gasteiger partial charge in [-0.25, -0.2) is 4.98 Å². The normalized spacial score (nSPS) is 16.6. The minimum absolute atomic E-state index is 0.0872. The van der Waals surface area contributed by atoms with Crippen LogP contribution in [-0.4, -0.2) is 26.7 Å². The molecule has 0 aliphatic heterocycles. The number of hydrogen-bond acceptors (Lipinski definition) is 4. The third kappa shape index (κ3) is 2.27. The Hall–Kier alpha value is -2.30. The van der Waals surface area contributed by atoms with Gasteiger partial charge in [-0.05, 0) is 42.8 Å². The van der Waals surface area contributed by atoms with E-state index < -0.39 is 11.5 Å². The van der Waals surface area contributed by atoms with Crippen molar-refractivity contribution in [3.63, 3.8) is 0 Å². The average molecular weight is 272 g/mol. The Morgan fingerprint density at radius 2 is 2.15 bits per heavy atom. The summed E-state index contributed by atoms with van der Waals surface area (Å²) >= 11 is 0. The fourth-order valence-corrected chi connectivity index (χ4v) is 2.75. The predicted octanol–water partition coefficient (Wildman–Crippen LogP) is 2.75. The Morgan fingerprint density at radius 3 is 2.80 bits per heavy atom. The second-order valence-electron chi connectivity index (χ2n) is 5.39. The summed E-state index contributed by atoms with van der Waals surface area (Å²) in [4.78, 5) is 15.3. The van der Waals surface area contributed by atoms with Gasteiger partial charge in [-0.15, -0.1) is 0 Å². The van der Waals surface area contributed by atoms with Gasteiger partial charge in [0.05, 0.1) is 6.42 Å². The van der Waals surface area contributed by atoms with Crippen molar-refractivity contribution in [1.29, 1.82) is 0 Å². The molecule has 3 N–H and O–H groups in total. The van der Waals surface area contributed by atoms with Crippen molar-refractivity contribution >= 4 is 22.6 Å². The molecule has 1 fully saturated rings. The maximum Gasteiger partial charge on any atom is 0.305 e. The molecule has 0 saturated heterocycles.